The van der Waals surface area contributed by atoms with Crippen LogP contribution in [0.5, 0.6) is 0 Å². The Hall–Kier alpha value is -0.740. The van der Waals surface area contributed by atoms with E-state index >= 15 is 0 Å². The highest BCUT2D eigenvalue weighted by Gasteiger charge is 2.23. The first-order valence-corrected chi connectivity index (χ1v) is 6.30. The van der Waals surface area contributed by atoms with Gasteiger partial charge in [0.2, 0.25) is 0 Å². The van der Waals surface area contributed by atoms with E-state index in [1.54, 1.807) is 18.3 Å². The van der Waals surface area contributed by atoms with Gasteiger partial charge in [-0.1, -0.05) is 0 Å². The molecule has 0 radical (unpaired) electrons. The third-order valence-electron chi connectivity index (χ3n) is 2.95. The maximum Gasteiger partial charge on any atom is 0.134 e. The second-order valence-corrected chi connectivity index (χ2v) is 4.88. The molecular weight excluding hydrogens is 208 g/mol. The molecule has 1 aliphatic heterocycles. The number of hydrogen-bond donors (Lipinski definition) is 0. The Bertz CT molecular complexity index is 323. The number of rotatable bonds is 3. The Kier molecular flexibility index (Phi) is 3.49. The number of likely N-dealkylation sites (tertiary alicyclic amines) is 1. The van der Waals surface area contributed by atoms with Crippen molar-refractivity contribution in [3.05, 3.63) is 16.6 Å². The van der Waals surface area contributed by atoms with E-state index < -0.39 is 0 Å². The van der Waals surface area contributed by atoms with Crippen molar-refractivity contribution in [3.8, 4) is 0 Å². The number of Topliss-reactive ketones (excluding diaryl/α,β-unsaturated/α-hetero) is 1. The van der Waals surface area contributed by atoms with Gasteiger partial charge < -0.3 is 0 Å². The Morgan fingerprint density at radius 1 is 1.73 bits per heavy atom. The number of hydrogen-bond acceptors (Lipinski definition) is 4. The first kappa shape index (κ1) is 10.8. The zero-order chi connectivity index (χ0) is 10.7. The highest BCUT2D eigenvalue weighted by molar-refractivity contribution is 7.07. The van der Waals surface area contributed by atoms with Gasteiger partial charge in [-0.2, -0.15) is 0 Å². The molecular formula is C11H16N2OS. The van der Waals surface area contributed by atoms with Gasteiger partial charge >= 0.3 is 0 Å². The van der Waals surface area contributed by atoms with E-state index in [1.807, 2.05) is 5.51 Å². The van der Waals surface area contributed by atoms with E-state index in [2.05, 4.69) is 15.3 Å². The number of aromatic nitrogens is 1. The molecule has 2 heterocycles. The molecule has 0 N–H and O–H groups in total. The van der Waals surface area contributed by atoms with Gasteiger partial charge in [0.25, 0.3) is 0 Å². The fraction of sp³-hybridized carbons (Fsp3) is 0.636. The van der Waals surface area contributed by atoms with Crippen molar-refractivity contribution in [1.29, 1.82) is 0 Å². The second kappa shape index (κ2) is 4.86. The summed E-state index contributed by atoms with van der Waals surface area (Å²) < 4.78 is 0. The fourth-order valence-electron chi connectivity index (χ4n) is 2.08. The molecule has 4 heteroatoms. The van der Waals surface area contributed by atoms with Gasteiger partial charge in [-0.05, 0) is 26.3 Å². The van der Waals surface area contributed by atoms with Crippen molar-refractivity contribution in [2.24, 2.45) is 5.92 Å². The molecule has 1 aliphatic rings. The van der Waals surface area contributed by atoms with E-state index in [0.717, 1.165) is 38.2 Å². The van der Waals surface area contributed by atoms with Gasteiger partial charge in [0.1, 0.15) is 5.78 Å². The standard InChI is InChI=1S/C11H16N2OS/c1-9(14)10-3-2-4-13(5-10)6-11-7-15-8-12-11/h7-8,10H,2-6H2,1H3. The third-order valence-corrected chi connectivity index (χ3v) is 3.58. The minimum atomic E-state index is 0.248. The molecule has 3 nitrogen and oxygen atoms in total. The number of thiazole rings is 1. The Morgan fingerprint density at radius 2 is 2.60 bits per heavy atom. The van der Waals surface area contributed by atoms with Crippen molar-refractivity contribution in [1.82, 2.24) is 9.88 Å². The van der Waals surface area contributed by atoms with Crippen LogP contribution in [0, 0.1) is 5.92 Å². The Balaban J connectivity index is 1.90. The highest BCUT2D eigenvalue weighted by Crippen LogP contribution is 2.19. The molecule has 0 saturated carbocycles. The summed E-state index contributed by atoms with van der Waals surface area (Å²) in [4.78, 5) is 17.9. The van der Waals surface area contributed by atoms with Crippen LogP contribution in [-0.2, 0) is 11.3 Å². The Labute approximate surface area is 94.1 Å². The average molecular weight is 224 g/mol. The Morgan fingerprint density at radius 3 is 3.27 bits per heavy atom. The summed E-state index contributed by atoms with van der Waals surface area (Å²) in [5.41, 5.74) is 2.99. The molecule has 0 aliphatic carbocycles. The van der Waals surface area contributed by atoms with Crippen LogP contribution in [0.1, 0.15) is 25.5 Å². The normalized spacial score (nSPS) is 22.9. The van der Waals surface area contributed by atoms with Crippen molar-refractivity contribution in [3.63, 3.8) is 0 Å². The molecule has 2 rings (SSSR count). The van der Waals surface area contributed by atoms with Crippen LogP contribution in [0.4, 0.5) is 0 Å². The first-order valence-electron chi connectivity index (χ1n) is 5.35. The van der Waals surface area contributed by atoms with Crippen molar-refractivity contribution >= 4 is 17.1 Å². The van der Waals surface area contributed by atoms with Crippen molar-refractivity contribution < 1.29 is 4.79 Å². The molecule has 1 aromatic rings. The zero-order valence-electron chi connectivity index (χ0n) is 8.98. The molecule has 15 heavy (non-hydrogen) atoms. The van der Waals surface area contributed by atoms with Crippen molar-refractivity contribution in [2.45, 2.75) is 26.3 Å². The van der Waals surface area contributed by atoms with Gasteiger partial charge in [-0.25, -0.2) is 4.98 Å². The first-order chi connectivity index (χ1) is 7.25. The van der Waals surface area contributed by atoms with Crippen LogP contribution < -0.4 is 0 Å². The summed E-state index contributed by atoms with van der Waals surface area (Å²) in [7, 11) is 0. The zero-order valence-corrected chi connectivity index (χ0v) is 9.80. The lowest BCUT2D eigenvalue weighted by molar-refractivity contribution is -0.122. The van der Waals surface area contributed by atoms with Gasteiger partial charge in [0, 0.05) is 24.4 Å². The molecule has 1 atom stereocenters. The number of nitrogens with zero attached hydrogens (tertiary/aromatic N) is 2. The van der Waals surface area contributed by atoms with Gasteiger partial charge in [-0.3, -0.25) is 9.69 Å². The molecule has 0 spiro atoms. The van der Waals surface area contributed by atoms with E-state index in [1.165, 1.54) is 0 Å². The van der Waals surface area contributed by atoms with Crippen LogP contribution in [-0.4, -0.2) is 28.8 Å². The van der Waals surface area contributed by atoms with Gasteiger partial charge in [0.05, 0.1) is 11.2 Å². The third kappa shape index (κ3) is 2.86. The predicted molar refractivity (Wildman–Crippen MR) is 60.8 cm³/mol. The lowest BCUT2D eigenvalue weighted by Crippen LogP contribution is -2.37. The molecule has 82 valence electrons. The molecule has 1 fully saturated rings. The van der Waals surface area contributed by atoms with Crippen LogP contribution in [0.25, 0.3) is 0 Å². The maximum absolute atomic E-state index is 11.3. The average Bonchev–Trinajstić information content (AvgIpc) is 2.71. The minimum Gasteiger partial charge on any atom is -0.300 e. The SMILES string of the molecule is CC(=O)C1CCCN(Cc2cscn2)C1. The van der Waals surface area contributed by atoms with E-state index in [-0.39, 0.29) is 5.92 Å². The minimum absolute atomic E-state index is 0.248. The largest absolute Gasteiger partial charge is 0.300 e. The smallest absolute Gasteiger partial charge is 0.134 e. The van der Waals surface area contributed by atoms with Crippen LogP contribution in [0.2, 0.25) is 0 Å². The highest BCUT2D eigenvalue weighted by atomic mass is 32.1. The van der Waals surface area contributed by atoms with E-state index in [4.69, 9.17) is 0 Å². The molecule has 0 aromatic carbocycles. The van der Waals surface area contributed by atoms with Crippen molar-refractivity contribution in [2.75, 3.05) is 13.1 Å². The lowest BCUT2D eigenvalue weighted by atomic mass is 9.94. The number of ketones is 1. The molecule has 1 aromatic heterocycles. The number of piperidine rings is 1. The van der Waals surface area contributed by atoms with E-state index in [9.17, 15) is 4.79 Å². The summed E-state index contributed by atoms with van der Waals surface area (Å²) in [6.45, 7) is 4.61. The van der Waals surface area contributed by atoms with Gasteiger partial charge in [-0.15, -0.1) is 11.3 Å². The monoisotopic (exact) mass is 224 g/mol. The quantitative estimate of drug-likeness (QED) is 0.786. The summed E-state index contributed by atoms with van der Waals surface area (Å²) in [5.74, 6) is 0.579. The molecule has 1 unspecified atom stereocenters. The summed E-state index contributed by atoms with van der Waals surface area (Å²) in [6.07, 6.45) is 2.19. The maximum atomic E-state index is 11.3. The topological polar surface area (TPSA) is 33.2 Å². The van der Waals surface area contributed by atoms with Crippen LogP contribution in [0.3, 0.4) is 0 Å². The van der Waals surface area contributed by atoms with Crippen LogP contribution in [0.15, 0.2) is 10.9 Å². The molecule has 0 amide bonds. The van der Waals surface area contributed by atoms with Crippen LogP contribution >= 0.6 is 11.3 Å². The molecule has 1 saturated heterocycles. The molecule has 0 bridgehead atoms. The summed E-state index contributed by atoms with van der Waals surface area (Å²) in [6, 6.07) is 0. The number of carbonyl (C=O) groups is 1. The van der Waals surface area contributed by atoms with Gasteiger partial charge in [0.15, 0.2) is 0 Å². The predicted octanol–water partition coefficient (Wildman–Crippen LogP) is 1.94. The number of carbonyl (C=O) groups excluding carboxylic acids is 1. The second-order valence-electron chi connectivity index (χ2n) is 4.16. The fourth-order valence-corrected chi connectivity index (χ4v) is 2.63. The summed E-state index contributed by atoms with van der Waals surface area (Å²) >= 11 is 1.63. The van der Waals surface area contributed by atoms with E-state index in [0.29, 0.717) is 5.78 Å². The lowest BCUT2D eigenvalue weighted by Gasteiger charge is -2.30. The summed E-state index contributed by atoms with van der Waals surface area (Å²) in [5, 5.41) is 2.08.